The van der Waals surface area contributed by atoms with Crippen LogP contribution in [0.1, 0.15) is 35.7 Å². The van der Waals surface area contributed by atoms with Gasteiger partial charge >= 0.3 is 0 Å². The molecular weight excluding hydrogens is 230 g/mol. The second-order valence-corrected chi connectivity index (χ2v) is 4.76. The fourth-order valence-electron chi connectivity index (χ4n) is 2.24. The number of nitrogens with one attached hydrogen (secondary N) is 1. The summed E-state index contributed by atoms with van der Waals surface area (Å²) in [7, 11) is 0. The Hall–Kier alpha value is -1.55. The van der Waals surface area contributed by atoms with Gasteiger partial charge in [0.15, 0.2) is 0 Å². The molecule has 4 heteroatoms. The molecule has 1 fully saturated rings. The first-order chi connectivity index (χ1) is 8.59. The summed E-state index contributed by atoms with van der Waals surface area (Å²) in [5.74, 6) is -0.0150. The summed E-state index contributed by atoms with van der Waals surface area (Å²) >= 11 is 0. The Morgan fingerprint density at radius 1 is 1.56 bits per heavy atom. The van der Waals surface area contributed by atoms with Crippen molar-refractivity contribution >= 4 is 5.91 Å². The number of carbonyl (C=O) groups is 1. The largest absolute Gasteiger partial charge is 0.508 e. The minimum Gasteiger partial charge on any atom is -0.508 e. The van der Waals surface area contributed by atoms with Crippen LogP contribution in [0.2, 0.25) is 0 Å². The molecular formula is C14H19NO3. The van der Waals surface area contributed by atoms with Gasteiger partial charge in [0.1, 0.15) is 5.75 Å². The zero-order chi connectivity index (χ0) is 13.1. The molecule has 2 rings (SSSR count). The van der Waals surface area contributed by atoms with Gasteiger partial charge < -0.3 is 15.2 Å². The molecule has 2 unspecified atom stereocenters. The third kappa shape index (κ3) is 2.64. The molecule has 1 heterocycles. The third-order valence-corrected chi connectivity index (χ3v) is 3.43. The number of benzene rings is 1. The van der Waals surface area contributed by atoms with E-state index in [2.05, 4.69) is 5.32 Å². The van der Waals surface area contributed by atoms with E-state index in [1.54, 1.807) is 25.1 Å². The van der Waals surface area contributed by atoms with E-state index in [1.165, 1.54) is 0 Å². The van der Waals surface area contributed by atoms with Crippen LogP contribution in [0.25, 0.3) is 0 Å². The van der Waals surface area contributed by atoms with Gasteiger partial charge in [0, 0.05) is 17.7 Å². The fourth-order valence-corrected chi connectivity index (χ4v) is 2.24. The maximum Gasteiger partial charge on any atom is 0.251 e. The van der Waals surface area contributed by atoms with Crippen LogP contribution in [-0.4, -0.2) is 29.8 Å². The number of aromatic hydroxyl groups is 1. The molecule has 1 saturated heterocycles. The lowest BCUT2D eigenvalue weighted by molar-refractivity contribution is 0.0712. The molecule has 1 aliphatic heterocycles. The highest BCUT2D eigenvalue weighted by Crippen LogP contribution is 2.20. The van der Waals surface area contributed by atoms with Crippen molar-refractivity contribution < 1.29 is 14.6 Å². The van der Waals surface area contributed by atoms with Gasteiger partial charge in [-0.2, -0.15) is 0 Å². The topological polar surface area (TPSA) is 58.6 Å². The van der Waals surface area contributed by atoms with Crippen LogP contribution in [0.5, 0.6) is 5.75 Å². The van der Waals surface area contributed by atoms with Crippen LogP contribution < -0.4 is 5.32 Å². The molecule has 0 saturated carbocycles. The predicted octanol–water partition coefficient (Wildman–Crippen LogP) is 2.00. The molecule has 1 aromatic carbocycles. The van der Waals surface area contributed by atoms with Crippen LogP contribution in [0.3, 0.4) is 0 Å². The molecule has 1 aromatic rings. The van der Waals surface area contributed by atoms with Crippen LogP contribution in [0.15, 0.2) is 18.2 Å². The number of phenols is 1. The highest BCUT2D eigenvalue weighted by molar-refractivity contribution is 5.96. The summed E-state index contributed by atoms with van der Waals surface area (Å²) in [6.45, 7) is 4.46. The smallest absolute Gasteiger partial charge is 0.251 e. The summed E-state index contributed by atoms with van der Waals surface area (Å²) in [4.78, 5) is 12.1. The van der Waals surface area contributed by atoms with Crippen LogP contribution >= 0.6 is 0 Å². The summed E-state index contributed by atoms with van der Waals surface area (Å²) in [6, 6.07) is 4.96. The molecule has 4 nitrogen and oxygen atoms in total. The van der Waals surface area contributed by atoms with E-state index in [4.69, 9.17) is 4.74 Å². The Kier molecular flexibility index (Phi) is 3.87. The summed E-state index contributed by atoms with van der Waals surface area (Å²) < 4.78 is 5.54. The van der Waals surface area contributed by atoms with Crippen LogP contribution in [0.4, 0.5) is 0 Å². The second-order valence-electron chi connectivity index (χ2n) is 4.76. The Morgan fingerprint density at radius 3 is 3.00 bits per heavy atom. The Labute approximate surface area is 107 Å². The molecule has 98 valence electrons. The highest BCUT2D eigenvalue weighted by atomic mass is 16.5. The molecule has 1 amide bonds. The number of amides is 1. The molecule has 0 aliphatic carbocycles. The number of phenolic OH excluding ortho intramolecular Hbond substituents is 1. The van der Waals surface area contributed by atoms with E-state index < -0.39 is 0 Å². The minimum absolute atomic E-state index is 0.0123. The summed E-state index contributed by atoms with van der Waals surface area (Å²) in [6.07, 6.45) is 2.14. The van der Waals surface area contributed by atoms with Crippen molar-refractivity contribution in [2.45, 2.75) is 38.8 Å². The Bertz CT molecular complexity index is 439. The molecule has 0 spiro atoms. The molecule has 18 heavy (non-hydrogen) atoms. The number of hydrogen-bond donors (Lipinski definition) is 2. The van der Waals surface area contributed by atoms with Gasteiger partial charge in [-0.05, 0) is 38.8 Å². The van der Waals surface area contributed by atoms with Gasteiger partial charge in [-0.15, -0.1) is 0 Å². The number of carbonyl (C=O) groups excluding carboxylic acids is 1. The second kappa shape index (κ2) is 5.40. The van der Waals surface area contributed by atoms with Gasteiger partial charge in [0.25, 0.3) is 5.91 Å². The molecule has 2 atom stereocenters. The zero-order valence-electron chi connectivity index (χ0n) is 10.8. The van der Waals surface area contributed by atoms with Crippen molar-refractivity contribution in [1.82, 2.24) is 5.32 Å². The normalized spacial score (nSPS) is 20.7. The van der Waals surface area contributed by atoms with Gasteiger partial charge in [-0.1, -0.05) is 6.07 Å². The first-order valence-electron chi connectivity index (χ1n) is 6.30. The van der Waals surface area contributed by atoms with E-state index >= 15 is 0 Å². The van der Waals surface area contributed by atoms with Crippen LogP contribution in [0, 0.1) is 6.92 Å². The molecule has 1 aliphatic rings. The quantitative estimate of drug-likeness (QED) is 0.861. The maximum absolute atomic E-state index is 12.1. The fraction of sp³-hybridized carbons (Fsp3) is 0.500. The minimum atomic E-state index is -0.161. The van der Waals surface area contributed by atoms with Crippen molar-refractivity contribution in [3.63, 3.8) is 0 Å². The lowest BCUT2D eigenvalue weighted by Gasteiger charge is -2.20. The Balaban J connectivity index is 2.05. The third-order valence-electron chi connectivity index (χ3n) is 3.43. The van der Waals surface area contributed by atoms with Gasteiger partial charge in [-0.25, -0.2) is 0 Å². The van der Waals surface area contributed by atoms with Crippen molar-refractivity contribution in [2.24, 2.45) is 0 Å². The lowest BCUT2D eigenvalue weighted by atomic mass is 10.1. The Morgan fingerprint density at radius 2 is 2.33 bits per heavy atom. The van der Waals surface area contributed by atoms with Gasteiger partial charge in [0.05, 0.1) is 12.1 Å². The first-order valence-corrected chi connectivity index (χ1v) is 6.30. The first kappa shape index (κ1) is 12.9. The lowest BCUT2D eigenvalue weighted by Crippen LogP contribution is -2.41. The SMILES string of the molecule is Cc1c(O)cccc1C(=O)NC(C)C1CCCO1. The average Bonchev–Trinajstić information content (AvgIpc) is 2.86. The number of ether oxygens (including phenoxy) is 1. The van der Waals surface area contributed by atoms with Gasteiger partial charge in [-0.3, -0.25) is 4.79 Å². The van der Waals surface area contributed by atoms with Crippen molar-refractivity contribution in [2.75, 3.05) is 6.61 Å². The highest BCUT2D eigenvalue weighted by Gasteiger charge is 2.24. The van der Waals surface area contributed by atoms with E-state index in [0.29, 0.717) is 11.1 Å². The van der Waals surface area contributed by atoms with Crippen molar-refractivity contribution in [3.8, 4) is 5.75 Å². The van der Waals surface area contributed by atoms with E-state index in [9.17, 15) is 9.90 Å². The number of rotatable bonds is 3. The van der Waals surface area contributed by atoms with E-state index in [0.717, 1.165) is 19.4 Å². The molecule has 0 bridgehead atoms. The predicted molar refractivity (Wildman–Crippen MR) is 68.7 cm³/mol. The van der Waals surface area contributed by atoms with Crippen molar-refractivity contribution in [1.29, 1.82) is 0 Å². The van der Waals surface area contributed by atoms with Gasteiger partial charge in [0.2, 0.25) is 0 Å². The monoisotopic (exact) mass is 249 g/mol. The molecule has 0 radical (unpaired) electrons. The standard InChI is InChI=1S/C14H19NO3/c1-9-11(5-3-6-12(9)16)14(17)15-10(2)13-7-4-8-18-13/h3,5-6,10,13,16H,4,7-8H2,1-2H3,(H,15,17). The average molecular weight is 249 g/mol. The zero-order valence-corrected chi connectivity index (χ0v) is 10.8. The summed E-state index contributed by atoms with van der Waals surface area (Å²) in [5.41, 5.74) is 1.12. The molecule has 2 N–H and O–H groups in total. The van der Waals surface area contributed by atoms with E-state index in [1.807, 2.05) is 6.92 Å². The molecule has 0 aromatic heterocycles. The van der Waals surface area contributed by atoms with Crippen molar-refractivity contribution in [3.05, 3.63) is 29.3 Å². The summed E-state index contributed by atoms with van der Waals surface area (Å²) in [5, 5.41) is 12.5. The number of hydrogen-bond acceptors (Lipinski definition) is 3. The van der Waals surface area contributed by atoms with Crippen LogP contribution in [-0.2, 0) is 4.74 Å². The maximum atomic E-state index is 12.1. The van der Waals surface area contributed by atoms with E-state index in [-0.39, 0.29) is 23.8 Å².